The lowest BCUT2D eigenvalue weighted by Crippen LogP contribution is -2.28. The topological polar surface area (TPSA) is 75.2 Å². The Kier molecular flexibility index (Phi) is 6.49. The SMILES string of the molecule is Cc1ccccc1N1C[C@@H](C(=O)Nc2nnc(SCCC(C)C)s2)CC1=O. The first-order chi connectivity index (χ1) is 12.9. The second-order valence-electron chi connectivity index (χ2n) is 7.09. The van der Waals surface area contributed by atoms with Gasteiger partial charge in [0, 0.05) is 24.4 Å². The van der Waals surface area contributed by atoms with Crippen LogP contribution < -0.4 is 10.2 Å². The van der Waals surface area contributed by atoms with Gasteiger partial charge in [-0.15, -0.1) is 10.2 Å². The predicted molar refractivity (Wildman–Crippen MR) is 110 cm³/mol. The number of benzene rings is 1. The van der Waals surface area contributed by atoms with Gasteiger partial charge in [-0.05, 0) is 30.9 Å². The predicted octanol–water partition coefficient (Wildman–Crippen LogP) is 3.98. The molecule has 0 radical (unpaired) electrons. The van der Waals surface area contributed by atoms with Crippen molar-refractivity contribution in [3.63, 3.8) is 0 Å². The first kappa shape index (κ1) is 19.8. The lowest BCUT2D eigenvalue weighted by molar-refractivity contribution is -0.122. The van der Waals surface area contributed by atoms with Gasteiger partial charge in [0.15, 0.2) is 4.34 Å². The van der Waals surface area contributed by atoms with Gasteiger partial charge in [0.05, 0.1) is 5.92 Å². The first-order valence-corrected chi connectivity index (χ1v) is 10.9. The third-order valence-corrected chi connectivity index (χ3v) is 6.46. The minimum atomic E-state index is -0.377. The van der Waals surface area contributed by atoms with Crippen LogP contribution in [-0.2, 0) is 9.59 Å². The molecule has 6 nitrogen and oxygen atoms in total. The van der Waals surface area contributed by atoms with Crippen molar-refractivity contribution >= 4 is 45.7 Å². The Bertz CT molecular complexity index is 822. The molecule has 0 bridgehead atoms. The number of carbonyl (C=O) groups excluding carboxylic acids is 2. The number of nitrogens with one attached hydrogen (secondary N) is 1. The number of thioether (sulfide) groups is 1. The maximum Gasteiger partial charge on any atom is 0.231 e. The number of amides is 2. The summed E-state index contributed by atoms with van der Waals surface area (Å²) in [5.41, 5.74) is 1.90. The summed E-state index contributed by atoms with van der Waals surface area (Å²) in [7, 11) is 0. The molecule has 2 aromatic rings. The van der Waals surface area contributed by atoms with Gasteiger partial charge >= 0.3 is 0 Å². The van der Waals surface area contributed by atoms with Crippen LogP contribution in [0.4, 0.5) is 10.8 Å². The molecule has 1 saturated heterocycles. The average Bonchev–Trinajstić information content (AvgIpc) is 3.22. The highest BCUT2D eigenvalue weighted by Gasteiger charge is 2.36. The monoisotopic (exact) mass is 404 g/mol. The minimum Gasteiger partial charge on any atom is -0.311 e. The molecule has 8 heteroatoms. The number of hydrogen-bond acceptors (Lipinski definition) is 6. The summed E-state index contributed by atoms with van der Waals surface area (Å²) in [4.78, 5) is 26.7. The van der Waals surface area contributed by atoms with Crippen molar-refractivity contribution in [3.05, 3.63) is 29.8 Å². The molecule has 27 heavy (non-hydrogen) atoms. The van der Waals surface area contributed by atoms with Crippen molar-refractivity contribution in [1.29, 1.82) is 0 Å². The molecule has 1 fully saturated rings. The fourth-order valence-corrected chi connectivity index (χ4v) is 4.96. The van der Waals surface area contributed by atoms with Crippen LogP contribution in [0.1, 0.15) is 32.3 Å². The molecule has 3 rings (SSSR count). The van der Waals surface area contributed by atoms with E-state index in [2.05, 4.69) is 29.4 Å². The number of hydrogen-bond donors (Lipinski definition) is 1. The van der Waals surface area contributed by atoms with E-state index in [9.17, 15) is 9.59 Å². The van der Waals surface area contributed by atoms with Crippen LogP contribution in [0.15, 0.2) is 28.6 Å². The molecule has 0 unspecified atom stereocenters. The zero-order valence-corrected chi connectivity index (χ0v) is 17.4. The zero-order valence-electron chi connectivity index (χ0n) is 15.8. The Morgan fingerprint density at radius 3 is 2.89 bits per heavy atom. The van der Waals surface area contributed by atoms with E-state index in [0.717, 1.165) is 27.8 Å². The van der Waals surface area contributed by atoms with Crippen LogP contribution in [0.3, 0.4) is 0 Å². The highest BCUT2D eigenvalue weighted by Crippen LogP contribution is 2.30. The Morgan fingerprint density at radius 2 is 2.15 bits per heavy atom. The van der Waals surface area contributed by atoms with Crippen molar-refractivity contribution < 1.29 is 9.59 Å². The molecule has 1 aromatic heterocycles. The Morgan fingerprint density at radius 1 is 1.37 bits per heavy atom. The van der Waals surface area contributed by atoms with Gasteiger partial charge in [-0.2, -0.15) is 0 Å². The van der Waals surface area contributed by atoms with E-state index in [0.29, 0.717) is 17.6 Å². The standard InChI is InChI=1S/C19H24N4O2S2/c1-12(2)8-9-26-19-22-21-18(27-19)20-17(25)14-10-16(24)23(11-14)15-7-5-4-6-13(15)3/h4-7,12,14H,8-11H2,1-3H3,(H,20,21,25)/t14-/m0/s1. The van der Waals surface area contributed by atoms with Gasteiger partial charge in [-0.3, -0.25) is 9.59 Å². The van der Waals surface area contributed by atoms with Crippen LogP contribution in [0.2, 0.25) is 0 Å². The van der Waals surface area contributed by atoms with E-state index < -0.39 is 0 Å². The van der Waals surface area contributed by atoms with Crippen LogP contribution in [0.5, 0.6) is 0 Å². The van der Waals surface area contributed by atoms with E-state index in [-0.39, 0.29) is 24.2 Å². The van der Waals surface area contributed by atoms with Gasteiger partial charge in [-0.1, -0.05) is 55.1 Å². The Labute approximate surface area is 167 Å². The largest absolute Gasteiger partial charge is 0.311 e. The van der Waals surface area contributed by atoms with Crippen LogP contribution in [-0.4, -0.2) is 34.3 Å². The molecule has 0 spiro atoms. The second kappa shape index (κ2) is 8.84. The van der Waals surface area contributed by atoms with E-state index in [1.165, 1.54) is 11.3 Å². The van der Waals surface area contributed by atoms with E-state index in [1.807, 2.05) is 31.2 Å². The lowest BCUT2D eigenvalue weighted by atomic mass is 10.1. The van der Waals surface area contributed by atoms with Gasteiger partial charge in [-0.25, -0.2) is 0 Å². The number of para-hydroxylation sites is 1. The second-order valence-corrected chi connectivity index (χ2v) is 9.40. The quantitative estimate of drug-likeness (QED) is 0.558. The first-order valence-electron chi connectivity index (χ1n) is 9.07. The molecule has 2 heterocycles. The molecule has 1 aliphatic rings. The van der Waals surface area contributed by atoms with Crippen molar-refractivity contribution in [2.45, 2.75) is 38.0 Å². The molecule has 1 aliphatic heterocycles. The molecule has 0 saturated carbocycles. The average molecular weight is 405 g/mol. The fraction of sp³-hybridized carbons (Fsp3) is 0.474. The number of nitrogens with zero attached hydrogens (tertiary/aromatic N) is 3. The van der Waals surface area contributed by atoms with Gasteiger partial charge in [0.1, 0.15) is 0 Å². The summed E-state index contributed by atoms with van der Waals surface area (Å²) in [6, 6.07) is 7.73. The number of anilines is 2. The van der Waals surface area contributed by atoms with Crippen molar-refractivity contribution in [2.75, 3.05) is 22.5 Å². The maximum atomic E-state index is 12.6. The minimum absolute atomic E-state index is 0.0216. The van der Waals surface area contributed by atoms with Crippen LogP contribution in [0.25, 0.3) is 0 Å². The van der Waals surface area contributed by atoms with E-state index >= 15 is 0 Å². The summed E-state index contributed by atoms with van der Waals surface area (Å²) < 4.78 is 0.856. The maximum absolute atomic E-state index is 12.6. The Balaban J connectivity index is 1.57. The summed E-state index contributed by atoms with van der Waals surface area (Å²) in [6.45, 7) is 6.74. The Hall–Kier alpha value is -1.93. The highest BCUT2D eigenvalue weighted by atomic mass is 32.2. The number of aryl methyl sites for hydroxylation is 1. The number of rotatable bonds is 7. The van der Waals surface area contributed by atoms with Gasteiger partial charge in [0.2, 0.25) is 16.9 Å². The highest BCUT2D eigenvalue weighted by molar-refractivity contribution is 8.01. The summed E-state index contributed by atoms with van der Waals surface area (Å²) >= 11 is 3.04. The summed E-state index contributed by atoms with van der Waals surface area (Å²) in [5.74, 6) is 1.07. The smallest absolute Gasteiger partial charge is 0.231 e. The molecule has 1 aromatic carbocycles. The fourth-order valence-electron chi connectivity index (χ4n) is 2.89. The molecule has 1 atom stereocenters. The molecular formula is C19H24N4O2S2. The normalized spacial score (nSPS) is 17.0. The van der Waals surface area contributed by atoms with Gasteiger partial charge in [0.25, 0.3) is 0 Å². The molecule has 144 valence electrons. The van der Waals surface area contributed by atoms with Crippen molar-refractivity contribution in [1.82, 2.24) is 10.2 Å². The summed E-state index contributed by atoms with van der Waals surface area (Å²) in [6.07, 6.45) is 1.33. The number of carbonyl (C=O) groups is 2. The van der Waals surface area contributed by atoms with Crippen LogP contribution >= 0.6 is 23.1 Å². The van der Waals surface area contributed by atoms with Gasteiger partial charge < -0.3 is 10.2 Å². The molecule has 2 amide bonds. The lowest BCUT2D eigenvalue weighted by Gasteiger charge is -2.18. The van der Waals surface area contributed by atoms with Crippen LogP contribution in [0, 0.1) is 18.8 Å². The number of aromatic nitrogens is 2. The third-order valence-electron chi connectivity index (χ3n) is 4.46. The van der Waals surface area contributed by atoms with E-state index in [1.54, 1.807) is 16.7 Å². The van der Waals surface area contributed by atoms with Crippen molar-refractivity contribution in [2.24, 2.45) is 11.8 Å². The van der Waals surface area contributed by atoms with E-state index in [4.69, 9.17) is 0 Å². The third kappa shape index (κ3) is 5.07. The van der Waals surface area contributed by atoms with Crippen molar-refractivity contribution in [3.8, 4) is 0 Å². The summed E-state index contributed by atoms with van der Waals surface area (Å²) in [5, 5.41) is 11.5. The molecule has 1 N–H and O–H groups in total. The zero-order chi connectivity index (χ0) is 19.4. The molecule has 0 aliphatic carbocycles. The molecular weight excluding hydrogens is 380 g/mol.